The largest absolute Gasteiger partial charge is 2.00 e. The van der Waals surface area contributed by atoms with Crippen molar-refractivity contribution in [3.05, 3.63) is 189 Å². The Morgan fingerprint density at radius 2 is 0.724 bits per heavy atom. The fourth-order valence-electron chi connectivity index (χ4n) is 4.48. The Balaban J connectivity index is 0.000000263. The summed E-state index contributed by atoms with van der Waals surface area (Å²) in [6.45, 7) is 0.425. The topological polar surface area (TPSA) is 118 Å². The fourth-order valence-corrected chi connectivity index (χ4v) is 6.79. The van der Waals surface area contributed by atoms with E-state index in [1.54, 1.807) is 24.8 Å². The molecule has 7 rings (SSSR count). The van der Waals surface area contributed by atoms with Crippen molar-refractivity contribution < 1.29 is 54.6 Å². The van der Waals surface area contributed by atoms with Crippen LogP contribution in [-0.4, -0.2) is 32.4 Å². The summed E-state index contributed by atoms with van der Waals surface area (Å²) in [6, 6.07) is 55.5. The van der Waals surface area contributed by atoms with Crippen molar-refractivity contribution >= 4 is 37.6 Å². The third-order valence-corrected chi connectivity index (χ3v) is 9.26. The maximum atomic E-state index is 9.87. The van der Waals surface area contributed by atoms with Crippen LogP contribution in [0.2, 0.25) is 0 Å². The van der Waals surface area contributed by atoms with Crippen molar-refractivity contribution in [3.63, 3.8) is 0 Å². The summed E-state index contributed by atoms with van der Waals surface area (Å²) in [5, 5.41) is 13.8. The van der Waals surface area contributed by atoms with Gasteiger partial charge in [-0.3, -0.25) is 19.9 Å². The number of hydrogen-bond donors (Lipinski definition) is 1. The van der Waals surface area contributed by atoms with Gasteiger partial charge in [-0.25, -0.2) is 0 Å². The molecule has 0 unspecified atom stereocenters. The van der Waals surface area contributed by atoms with Gasteiger partial charge in [0, 0.05) is 30.8 Å². The summed E-state index contributed by atoms with van der Waals surface area (Å²) in [5.41, 5.74) is 8.65. The van der Waals surface area contributed by atoms with Crippen LogP contribution >= 0.6 is 15.7 Å². The zero-order chi connectivity index (χ0) is 41.5. The van der Waals surface area contributed by atoms with E-state index in [1.807, 2.05) is 72.8 Å². The number of carbonyl (C=O) groups excluding carboxylic acids is 1. The molecule has 0 aliphatic rings. The zero-order valence-corrected chi connectivity index (χ0v) is 34.2. The number of aliphatic carboxylic acids is 1. The van der Waals surface area contributed by atoms with Gasteiger partial charge in [-0.2, -0.15) is 0 Å². The molecule has 2 N–H and O–H groups in total. The molecule has 0 saturated carbocycles. The van der Waals surface area contributed by atoms with Crippen LogP contribution in [-0.2, 0) is 24.3 Å². The number of rotatable bonds is 8. The van der Waals surface area contributed by atoms with E-state index >= 15 is 0 Å². The van der Waals surface area contributed by atoms with Gasteiger partial charge in [-0.1, -0.05) is 115 Å². The molecule has 7 nitrogen and oxygen atoms in total. The van der Waals surface area contributed by atoms with E-state index in [1.165, 1.54) is 15.9 Å². The Morgan fingerprint density at radius 1 is 0.483 bits per heavy atom. The van der Waals surface area contributed by atoms with Crippen molar-refractivity contribution in [2.45, 2.75) is 12.8 Å². The molecule has 304 valence electrons. The quantitative estimate of drug-likeness (QED) is 0.0917. The van der Waals surface area contributed by atoms with Crippen LogP contribution < -0.4 is 26.8 Å². The van der Waals surface area contributed by atoms with E-state index in [9.17, 15) is 35.1 Å². The molecule has 16 heteroatoms. The first-order valence-corrected chi connectivity index (χ1v) is 20.5. The Labute approximate surface area is 347 Å². The minimum atomic E-state index is -10.7. The summed E-state index contributed by atoms with van der Waals surface area (Å²) in [5.74, 6) is -1.02. The van der Waals surface area contributed by atoms with Crippen molar-refractivity contribution in [2.24, 2.45) is 5.73 Å². The average Bonchev–Trinajstić information content (AvgIpc) is 3.22. The Kier molecular flexibility index (Phi) is 20.1. The van der Waals surface area contributed by atoms with Gasteiger partial charge in [0.25, 0.3) is 0 Å². The van der Waals surface area contributed by atoms with E-state index in [-0.39, 0.29) is 25.9 Å². The number of carboxylic acid groups (broad SMARTS) is 1. The molecule has 0 fully saturated rings. The minimum Gasteiger partial charge on any atom is -0.550 e. The zero-order valence-electron chi connectivity index (χ0n) is 30.7. The second-order valence-electron chi connectivity index (χ2n) is 11.4. The third kappa shape index (κ3) is 22.5. The monoisotopic (exact) mass is 923 g/mol. The van der Waals surface area contributed by atoms with Gasteiger partial charge < -0.3 is 15.6 Å². The molecule has 0 radical (unpaired) electrons. The number of benzene rings is 3. The van der Waals surface area contributed by atoms with Gasteiger partial charge in [0.05, 0.1) is 22.8 Å². The molecule has 3 aromatic carbocycles. The van der Waals surface area contributed by atoms with E-state index in [0.717, 1.165) is 22.8 Å². The van der Waals surface area contributed by atoms with Crippen LogP contribution in [0.15, 0.2) is 189 Å². The number of carbonyl (C=O) groups is 1. The van der Waals surface area contributed by atoms with Gasteiger partial charge in [-0.15, -0.1) is 0 Å². The first-order valence-electron chi connectivity index (χ1n) is 17.2. The molecule has 0 amide bonds. The molecule has 4 aromatic heterocycles. The molecular formula is C42H39F6N5O2P2Ru. The summed E-state index contributed by atoms with van der Waals surface area (Å²) in [7, 11) is -11.1. The van der Waals surface area contributed by atoms with Crippen LogP contribution in [0.3, 0.4) is 0 Å². The summed E-state index contributed by atoms with van der Waals surface area (Å²) in [6.07, 6.45) is 7.67. The first-order chi connectivity index (χ1) is 27.1. The minimum absolute atomic E-state index is 0. The van der Waals surface area contributed by atoms with Crippen molar-refractivity contribution in [3.8, 4) is 22.8 Å². The van der Waals surface area contributed by atoms with E-state index in [2.05, 4.69) is 111 Å². The maximum absolute atomic E-state index is 10.7. The Bertz CT molecular complexity index is 1890. The molecule has 0 atom stereocenters. The van der Waals surface area contributed by atoms with Gasteiger partial charge in [-0.05, 0) is 91.8 Å². The fraction of sp³-hybridized carbons (Fsp3) is 0.0714. The van der Waals surface area contributed by atoms with E-state index in [0.29, 0.717) is 13.0 Å². The summed E-state index contributed by atoms with van der Waals surface area (Å²) < 4.78 is 59.2. The van der Waals surface area contributed by atoms with E-state index in [4.69, 9.17) is 5.73 Å². The molecule has 0 aliphatic heterocycles. The van der Waals surface area contributed by atoms with Gasteiger partial charge >= 0.3 is 52.5 Å². The van der Waals surface area contributed by atoms with Gasteiger partial charge in [0.2, 0.25) is 0 Å². The summed E-state index contributed by atoms with van der Waals surface area (Å²) in [4.78, 5) is 26.3. The standard InChI is InChI=1S/C18H15P.2C10H8N2.C4H9NO2.F6P.Ru/c1-4-10-16(11-5-1)19(17-12-6-2-7-13-17)18-14-8-3-9-15-18;2*1-3-7-11-9(5-1)10-6-2-4-8-12-10;5-3-1-2-4(6)7;1-7(2,3,4,5)6;/h1-15H;2*1-8H;1-3,5H2,(H,6,7);;/q;;;;-1;+2/p-1. The summed E-state index contributed by atoms with van der Waals surface area (Å²) >= 11 is 0. The molecule has 0 bridgehead atoms. The van der Waals surface area contributed by atoms with Crippen molar-refractivity contribution in [2.75, 3.05) is 6.54 Å². The van der Waals surface area contributed by atoms with Crippen molar-refractivity contribution in [1.82, 2.24) is 19.9 Å². The molecule has 0 spiro atoms. The Morgan fingerprint density at radius 3 is 0.897 bits per heavy atom. The third-order valence-electron chi connectivity index (χ3n) is 6.81. The van der Waals surface area contributed by atoms with Gasteiger partial charge in [0.1, 0.15) is 0 Å². The second kappa shape index (κ2) is 23.9. The predicted octanol–water partition coefficient (Wildman–Crippen LogP) is 9.59. The molecule has 7 aromatic rings. The molecule has 4 heterocycles. The second-order valence-corrected chi connectivity index (χ2v) is 15.6. The van der Waals surface area contributed by atoms with Crippen LogP contribution in [0.5, 0.6) is 0 Å². The average molecular weight is 923 g/mol. The molecule has 0 saturated heterocycles. The number of aromatic nitrogens is 4. The smallest absolute Gasteiger partial charge is 0.550 e. The predicted molar refractivity (Wildman–Crippen MR) is 217 cm³/mol. The SMILES string of the molecule is F[P-](F)(F)(F)(F)F.NCCCC(=O)[O-].[Ru+2].c1ccc(-c2ccccn2)nc1.c1ccc(-c2ccccn2)nc1.c1ccc(P(c2ccccc2)c2ccccc2)cc1. The van der Waals surface area contributed by atoms with Crippen LogP contribution in [0.25, 0.3) is 22.8 Å². The normalized spacial score (nSPS) is 11.3. The van der Waals surface area contributed by atoms with Crippen LogP contribution in [0, 0.1) is 0 Å². The number of nitrogens with two attached hydrogens (primary N) is 1. The number of pyridine rings is 4. The van der Waals surface area contributed by atoms with Crippen LogP contribution in [0.1, 0.15) is 12.8 Å². The van der Waals surface area contributed by atoms with E-state index < -0.39 is 21.7 Å². The number of halogens is 6. The molecule has 58 heavy (non-hydrogen) atoms. The van der Waals surface area contributed by atoms with Crippen molar-refractivity contribution in [1.29, 1.82) is 0 Å². The first kappa shape index (κ1) is 48.9. The maximum Gasteiger partial charge on any atom is 2.00 e. The van der Waals surface area contributed by atoms with Gasteiger partial charge in [0.15, 0.2) is 0 Å². The molecule has 0 aliphatic carbocycles. The number of nitrogens with zero attached hydrogens (tertiary/aromatic N) is 4. The Hall–Kier alpha value is -5.25. The molecular weight excluding hydrogens is 884 g/mol. The van der Waals surface area contributed by atoms with Crippen LogP contribution in [0.4, 0.5) is 25.2 Å². The number of hydrogen-bond acceptors (Lipinski definition) is 7. The number of carboxylic acids is 1.